The molecule has 0 aromatic heterocycles. The minimum Gasteiger partial charge on any atom is -0.478 e. The highest BCUT2D eigenvalue weighted by Gasteiger charge is 2.31. The number of rotatable bonds is 6. The van der Waals surface area contributed by atoms with Crippen LogP contribution in [-0.4, -0.2) is 46.0 Å². The summed E-state index contributed by atoms with van der Waals surface area (Å²) >= 11 is 0. The molecular formula is C21H23N3O5. The van der Waals surface area contributed by atoms with Crippen LogP contribution in [0.15, 0.2) is 41.5 Å². The number of aromatic carboxylic acids is 1. The van der Waals surface area contributed by atoms with E-state index in [1.165, 1.54) is 29.2 Å². The average molecular weight is 397 g/mol. The van der Waals surface area contributed by atoms with E-state index in [0.717, 1.165) is 18.4 Å². The molecule has 1 aliphatic heterocycles. The molecule has 152 valence electrons. The first-order valence-corrected chi connectivity index (χ1v) is 9.56. The molecule has 3 rings (SSSR count). The number of hydrogen-bond donors (Lipinski definition) is 2. The van der Waals surface area contributed by atoms with Crippen LogP contribution in [0.5, 0.6) is 0 Å². The SMILES string of the molecule is C/C(=N\NC(=O)C1CCC(CN2C(=O)C=CC2=O)CC1)c1ccc(C(=O)O)cc1. The van der Waals surface area contributed by atoms with Crippen LogP contribution in [0.2, 0.25) is 0 Å². The summed E-state index contributed by atoms with van der Waals surface area (Å²) in [4.78, 5) is 47.9. The quantitative estimate of drug-likeness (QED) is 0.432. The number of carboxylic acid groups (broad SMARTS) is 1. The third-order valence-corrected chi connectivity index (χ3v) is 5.44. The van der Waals surface area contributed by atoms with Gasteiger partial charge in [-0.3, -0.25) is 19.3 Å². The lowest BCUT2D eigenvalue weighted by molar-refractivity contribution is -0.138. The van der Waals surface area contributed by atoms with E-state index in [2.05, 4.69) is 10.5 Å². The fraction of sp³-hybridized carbons (Fsp3) is 0.381. The minimum atomic E-state index is -0.996. The van der Waals surface area contributed by atoms with Crippen LogP contribution in [0.3, 0.4) is 0 Å². The predicted octanol–water partition coefficient (Wildman–Crippen LogP) is 1.96. The van der Waals surface area contributed by atoms with Crippen molar-refractivity contribution in [2.45, 2.75) is 32.6 Å². The summed E-state index contributed by atoms with van der Waals surface area (Å²) < 4.78 is 0. The third kappa shape index (κ3) is 4.96. The Morgan fingerprint density at radius 2 is 1.59 bits per heavy atom. The molecule has 0 spiro atoms. The summed E-state index contributed by atoms with van der Waals surface area (Å²) in [5.74, 6) is -1.62. The molecule has 1 aromatic carbocycles. The van der Waals surface area contributed by atoms with Gasteiger partial charge >= 0.3 is 5.97 Å². The Morgan fingerprint density at radius 3 is 2.14 bits per heavy atom. The maximum absolute atomic E-state index is 12.4. The van der Waals surface area contributed by atoms with Gasteiger partial charge in [-0.15, -0.1) is 0 Å². The van der Waals surface area contributed by atoms with Gasteiger partial charge in [0.15, 0.2) is 0 Å². The van der Waals surface area contributed by atoms with E-state index in [-0.39, 0.29) is 35.1 Å². The Bertz CT molecular complexity index is 862. The zero-order valence-corrected chi connectivity index (χ0v) is 16.1. The van der Waals surface area contributed by atoms with Crippen LogP contribution in [0.4, 0.5) is 0 Å². The second kappa shape index (κ2) is 8.81. The van der Waals surface area contributed by atoms with Crippen LogP contribution in [0.1, 0.15) is 48.5 Å². The maximum atomic E-state index is 12.4. The molecule has 1 aromatic rings. The highest BCUT2D eigenvalue weighted by Crippen LogP contribution is 2.30. The second-order valence-electron chi connectivity index (χ2n) is 7.39. The fourth-order valence-corrected chi connectivity index (χ4v) is 3.63. The lowest BCUT2D eigenvalue weighted by Crippen LogP contribution is -2.37. The molecule has 2 aliphatic rings. The number of hydrazone groups is 1. The first-order valence-electron chi connectivity index (χ1n) is 9.56. The maximum Gasteiger partial charge on any atom is 0.335 e. The molecule has 1 saturated carbocycles. The van der Waals surface area contributed by atoms with Crippen LogP contribution in [0.25, 0.3) is 0 Å². The van der Waals surface area contributed by atoms with Gasteiger partial charge in [-0.2, -0.15) is 5.10 Å². The van der Waals surface area contributed by atoms with Gasteiger partial charge in [-0.1, -0.05) is 12.1 Å². The van der Waals surface area contributed by atoms with Gasteiger partial charge in [-0.05, 0) is 56.2 Å². The Labute approximate surface area is 168 Å². The molecule has 1 aliphatic carbocycles. The first-order chi connectivity index (χ1) is 13.8. The zero-order chi connectivity index (χ0) is 21.0. The fourth-order valence-electron chi connectivity index (χ4n) is 3.63. The van der Waals surface area contributed by atoms with Crippen molar-refractivity contribution in [2.24, 2.45) is 16.9 Å². The Kier molecular flexibility index (Phi) is 6.21. The van der Waals surface area contributed by atoms with Crippen molar-refractivity contribution in [3.05, 3.63) is 47.5 Å². The summed E-state index contributed by atoms with van der Waals surface area (Å²) in [5, 5.41) is 13.1. The number of carboxylic acids is 1. The highest BCUT2D eigenvalue weighted by atomic mass is 16.4. The van der Waals surface area contributed by atoms with Gasteiger partial charge < -0.3 is 5.11 Å². The van der Waals surface area contributed by atoms with Crippen molar-refractivity contribution in [3.63, 3.8) is 0 Å². The number of imide groups is 1. The molecule has 1 heterocycles. The van der Waals surface area contributed by atoms with Gasteiger partial charge in [0.1, 0.15) is 0 Å². The third-order valence-electron chi connectivity index (χ3n) is 5.44. The number of nitrogens with zero attached hydrogens (tertiary/aromatic N) is 2. The van der Waals surface area contributed by atoms with Gasteiger partial charge in [0.05, 0.1) is 11.3 Å². The van der Waals surface area contributed by atoms with Gasteiger partial charge in [-0.25, -0.2) is 10.2 Å². The standard InChI is InChI=1S/C21H23N3O5/c1-13(15-6-8-17(9-7-15)21(28)29)22-23-20(27)16-4-2-14(3-5-16)12-24-18(25)10-11-19(24)26/h6-11,14,16H,2-5,12H2,1H3,(H,23,27)(H,28,29)/b22-13+. The van der Waals surface area contributed by atoms with Crippen molar-refractivity contribution >= 4 is 29.4 Å². The van der Waals surface area contributed by atoms with E-state index < -0.39 is 5.97 Å². The van der Waals surface area contributed by atoms with Gasteiger partial charge in [0.2, 0.25) is 5.91 Å². The van der Waals surface area contributed by atoms with Crippen molar-refractivity contribution in [3.8, 4) is 0 Å². The molecule has 0 atom stereocenters. The summed E-state index contributed by atoms with van der Waals surface area (Å²) in [6, 6.07) is 6.28. The summed E-state index contributed by atoms with van der Waals surface area (Å²) in [5.41, 5.74) is 4.10. The predicted molar refractivity (Wildman–Crippen MR) is 105 cm³/mol. The van der Waals surface area contributed by atoms with Gasteiger partial charge in [0.25, 0.3) is 11.8 Å². The van der Waals surface area contributed by atoms with Crippen molar-refractivity contribution in [2.75, 3.05) is 6.54 Å². The first kappa shape index (κ1) is 20.4. The number of carbonyl (C=O) groups excluding carboxylic acids is 3. The molecule has 29 heavy (non-hydrogen) atoms. The monoisotopic (exact) mass is 397 g/mol. The topological polar surface area (TPSA) is 116 Å². The zero-order valence-electron chi connectivity index (χ0n) is 16.1. The van der Waals surface area contributed by atoms with Crippen LogP contribution >= 0.6 is 0 Å². The second-order valence-corrected chi connectivity index (χ2v) is 7.39. The smallest absolute Gasteiger partial charge is 0.335 e. The highest BCUT2D eigenvalue weighted by molar-refractivity contribution is 6.12. The molecule has 0 saturated heterocycles. The molecule has 2 N–H and O–H groups in total. The number of carbonyl (C=O) groups is 4. The number of amides is 3. The summed E-state index contributed by atoms with van der Waals surface area (Å²) in [7, 11) is 0. The Morgan fingerprint density at radius 1 is 1.03 bits per heavy atom. The number of benzene rings is 1. The Balaban J connectivity index is 1.48. The van der Waals surface area contributed by atoms with Crippen molar-refractivity contribution < 1.29 is 24.3 Å². The largest absolute Gasteiger partial charge is 0.478 e. The van der Waals surface area contributed by atoms with E-state index in [4.69, 9.17) is 5.11 Å². The van der Waals surface area contributed by atoms with E-state index in [1.54, 1.807) is 19.1 Å². The molecule has 0 bridgehead atoms. The van der Waals surface area contributed by atoms with Crippen molar-refractivity contribution in [1.29, 1.82) is 0 Å². The van der Waals surface area contributed by atoms with E-state index in [1.807, 2.05) is 0 Å². The molecule has 8 heteroatoms. The molecular weight excluding hydrogens is 374 g/mol. The number of nitrogens with one attached hydrogen (secondary N) is 1. The lowest BCUT2D eigenvalue weighted by Gasteiger charge is -2.29. The molecule has 0 radical (unpaired) electrons. The van der Waals surface area contributed by atoms with Gasteiger partial charge in [0, 0.05) is 24.6 Å². The minimum absolute atomic E-state index is 0.153. The Hall–Kier alpha value is -3.29. The summed E-state index contributed by atoms with van der Waals surface area (Å²) in [6.45, 7) is 2.15. The molecule has 1 fully saturated rings. The summed E-state index contributed by atoms with van der Waals surface area (Å²) in [6.07, 6.45) is 5.49. The lowest BCUT2D eigenvalue weighted by atomic mass is 9.81. The molecule has 0 unspecified atom stereocenters. The van der Waals surface area contributed by atoms with E-state index in [9.17, 15) is 19.2 Å². The van der Waals surface area contributed by atoms with E-state index >= 15 is 0 Å². The van der Waals surface area contributed by atoms with Crippen LogP contribution in [-0.2, 0) is 14.4 Å². The molecule has 8 nitrogen and oxygen atoms in total. The van der Waals surface area contributed by atoms with Crippen LogP contribution < -0.4 is 5.43 Å². The average Bonchev–Trinajstić information content (AvgIpc) is 3.04. The number of hydrogen-bond acceptors (Lipinski definition) is 5. The van der Waals surface area contributed by atoms with Crippen molar-refractivity contribution in [1.82, 2.24) is 10.3 Å². The molecule has 3 amide bonds. The normalized spacial score (nSPS) is 22.1. The van der Waals surface area contributed by atoms with E-state index in [0.29, 0.717) is 25.1 Å². The van der Waals surface area contributed by atoms with Crippen LogP contribution in [0, 0.1) is 11.8 Å².